The van der Waals surface area contributed by atoms with E-state index in [4.69, 9.17) is 5.11 Å². The van der Waals surface area contributed by atoms with Crippen molar-refractivity contribution in [1.82, 2.24) is 9.97 Å². The fourth-order valence-electron chi connectivity index (χ4n) is 1.42. The number of carboxylic acids is 1. The van der Waals surface area contributed by atoms with Crippen molar-refractivity contribution in [3.05, 3.63) is 17.7 Å². The van der Waals surface area contributed by atoms with Crippen molar-refractivity contribution in [2.24, 2.45) is 5.92 Å². The maximum absolute atomic E-state index is 11.2. The standard InChI is InChI=1S/C13H21N3O3/c1-7(2)10(17)6-14-9-5-15-12(8(3)4)16-11(9)13(18)19/h5,7-8,10,14,17H,6H2,1-4H3,(H,18,19). The van der Waals surface area contributed by atoms with E-state index >= 15 is 0 Å². The van der Waals surface area contributed by atoms with E-state index in [1.807, 2.05) is 27.7 Å². The molecule has 1 aromatic rings. The second kappa shape index (κ2) is 6.47. The average Bonchev–Trinajstić information content (AvgIpc) is 2.35. The molecule has 0 saturated heterocycles. The maximum Gasteiger partial charge on any atom is 0.356 e. The summed E-state index contributed by atoms with van der Waals surface area (Å²) in [5.74, 6) is -0.455. The summed E-state index contributed by atoms with van der Waals surface area (Å²) < 4.78 is 0. The van der Waals surface area contributed by atoms with Crippen molar-refractivity contribution >= 4 is 11.7 Å². The zero-order valence-corrected chi connectivity index (χ0v) is 11.7. The fraction of sp³-hybridized carbons (Fsp3) is 0.615. The van der Waals surface area contributed by atoms with Crippen LogP contribution in [0, 0.1) is 5.92 Å². The van der Waals surface area contributed by atoms with E-state index < -0.39 is 12.1 Å². The lowest BCUT2D eigenvalue weighted by Crippen LogP contribution is -2.26. The largest absolute Gasteiger partial charge is 0.476 e. The molecule has 0 aromatic carbocycles. The summed E-state index contributed by atoms with van der Waals surface area (Å²) >= 11 is 0. The van der Waals surface area contributed by atoms with Gasteiger partial charge in [0.2, 0.25) is 0 Å². The van der Waals surface area contributed by atoms with Crippen LogP contribution in [-0.4, -0.2) is 38.8 Å². The predicted molar refractivity (Wildman–Crippen MR) is 72.4 cm³/mol. The van der Waals surface area contributed by atoms with Crippen LogP contribution in [0.2, 0.25) is 0 Å². The van der Waals surface area contributed by atoms with Crippen LogP contribution in [0.25, 0.3) is 0 Å². The van der Waals surface area contributed by atoms with Gasteiger partial charge in [-0.15, -0.1) is 0 Å². The number of anilines is 1. The van der Waals surface area contributed by atoms with Crippen LogP contribution in [0.3, 0.4) is 0 Å². The fourth-order valence-corrected chi connectivity index (χ4v) is 1.42. The zero-order valence-electron chi connectivity index (χ0n) is 11.7. The summed E-state index contributed by atoms with van der Waals surface area (Å²) in [6, 6.07) is 0. The summed E-state index contributed by atoms with van der Waals surface area (Å²) in [7, 11) is 0. The van der Waals surface area contributed by atoms with Gasteiger partial charge in [0.25, 0.3) is 0 Å². The van der Waals surface area contributed by atoms with E-state index in [1.165, 1.54) is 6.20 Å². The Hall–Kier alpha value is -1.69. The Morgan fingerprint density at radius 2 is 2.00 bits per heavy atom. The SMILES string of the molecule is CC(C)c1ncc(NCC(O)C(C)C)c(C(=O)O)n1. The smallest absolute Gasteiger partial charge is 0.356 e. The molecule has 0 aliphatic rings. The molecule has 106 valence electrons. The molecule has 1 aromatic heterocycles. The molecule has 0 saturated carbocycles. The molecule has 6 heteroatoms. The van der Waals surface area contributed by atoms with Crippen molar-refractivity contribution in [2.45, 2.75) is 39.7 Å². The number of hydrogen-bond acceptors (Lipinski definition) is 5. The van der Waals surface area contributed by atoms with Gasteiger partial charge in [-0.3, -0.25) is 0 Å². The molecule has 0 fully saturated rings. The van der Waals surface area contributed by atoms with Crippen LogP contribution >= 0.6 is 0 Å². The lowest BCUT2D eigenvalue weighted by molar-refractivity contribution is 0.0690. The maximum atomic E-state index is 11.2. The lowest BCUT2D eigenvalue weighted by Gasteiger charge is -2.17. The summed E-state index contributed by atoms with van der Waals surface area (Å²) in [6.45, 7) is 7.85. The van der Waals surface area contributed by atoms with Crippen molar-refractivity contribution in [3.8, 4) is 0 Å². The number of aromatic carboxylic acids is 1. The minimum absolute atomic E-state index is 0.0605. The number of aliphatic hydroxyl groups excluding tert-OH is 1. The molecule has 0 radical (unpaired) electrons. The number of aromatic nitrogens is 2. The number of carbonyl (C=O) groups is 1. The quantitative estimate of drug-likeness (QED) is 0.726. The van der Waals surface area contributed by atoms with Crippen molar-refractivity contribution in [2.75, 3.05) is 11.9 Å². The number of rotatable bonds is 6. The topological polar surface area (TPSA) is 95.3 Å². The minimum Gasteiger partial charge on any atom is -0.476 e. The first-order valence-electron chi connectivity index (χ1n) is 6.35. The Morgan fingerprint density at radius 3 is 2.47 bits per heavy atom. The number of carboxylic acid groups (broad SMARTS) is 1. The van der Waals surface area contributed by atoms with Gasteiger partial charge in [-0.05, 0) is 5.92 Å². The van der Waals surface area contributed by atoms with Gasteiger partial charge in [0.15, 0.2) is 5.69 Å². The summed E-state index contributed by atoms with van der Waals surface area (Å²) in [5.41, 5.74) is 0.270. The van der Waals surface area contributed by atoms with Gasteiger partial charge < -0.3 is 15.5 Å². The Morgan fingerprint density at radius 1 is 1.37 bits per heavy atom. The molecule has 0 aliphatic heterocycles. The van der Waals surface area contributed by atoms with Gasteiger partial charge in [-0.25, -0.2) is 14.8 Å². The van der Waals surface area contributed by atoms with Crippen molar-refractivity contribution in [1.29, 1.82) is 0 Å². The van der Waals surface area contributed by atoms with Crippen molar-refractivity contribution in [3.63, 3.8) is 0 Å². The molecule has 1 rings (SSSR count). The van der Waals surface area contributed by atoms with Gasteiger partial charge in [-0.2, -0.15) is 0 Å². The van der Waals surface area contributed by atoms with Crippen LogP contribution in [-0.2, 0) is 0 Å². The summed E-state index contributed by atoms with van der Waals surface area (Å²) in [6.07, 6.45) is 0.908. The molecule has 0 bridgehead atoms. The normalized spacial score (nSPS) is 12.8. The van der Waals surface area contributed by atoms with E-state index in [0.717, 1.165) is 0 Å². The van der Waals surface area contributed by atoms with E-state index in [0.29, 0.717) is 11.5 Å². The van der Waals surface area contributed by atoms with Gasteiger partial charge in [0.1, 0.15) is 5.82 Å². The average molecular weight is 267 g/mol. The first-order valence-corrected chi connectivity index (χ1v) is 6.35. The minimum atomic E-state index is -1.11. The highest BCUT2D eigenvalue weighted by atomic mass is 16.4. The molecular formula is C13H21N3O3. The number of nitrogens with one attached hydrogen (secondary N) is 1. The molecule has 1 heterocycles. The molecular weight excluding hydrogens is 246 g/mol. The van der Waals surface area contributed by atoms with E-state index in [-0.39, 0.29) is 24.1 Å². The van der Waals surface area contributed by atoms with Gasteiger partial charge in [0.05, 0.1) is 18.0 Å². The van der Waals surface area contributed by atoms with Crippen LogP contribution < -0.4 is 5.32 Å². The molecule has 1 unspecified atom stereocenters. The first-order chi connectivity index (χ1) is 8.82. The molecule has 0 spiro atoms. The Balaban J connectivity index is 2.91. The first kappa shape index (κ1) is 15.4. The van der Waals surface area contributed by atoms with Crippen LogP contribution in [0.4, 0.5) is 5.69 Å². The third kappa shape index (κ3) is 4.17. The molecule has 6 nitrogen and oxygen atoms in total. The summed E-state index contributed by atoms with van der Waals surface area (Å²) in [5, 5.41) is 21.7. The van der Waals surface area contributed by atoms with E-state index in [9.17, 15) is 9.90 Å². The predicted octanol–water partition coefficient (Wildman–Crippen LogP) is 1.73. The summed E-state index contributed by atoms with van der Waals surface area (Å²) in [4.78, 5) is 19.3. The third-order valence-corrected chi connectivity index (χ3v) is 2.80. The lowest BCUT2D eigenvalue weighted by atomic mass is 10.1. The Kier molecular flexibility index (Phi) is 5.23. The molecule has 1 atom stereocenters. The van der Waals surface area contributed by atoms with Gasteiger partial charge >= 0.3 is 5.97 Å². The van der Waals surface area contributed by atoms with Gasteiger partial charge in [0, 0.05) is 12.5 Å². The highest BCUT2D eigenvalue weighted by Crippen LogP contribution is 2.16. The highest BCUT2D eigenvalue weighted by molar-refractivity contribution is 5.91. The molecule has 0 aliphatic carbocycles. The highest BCUT2D eigenvalue weighted by Gasteiger charge is 2.17. The van der Waals surface area contributed by atoms with E-state index in [1.54, 1.807) is 0 Å². The second-order valence-corrected chi connectivity index (χ2v) is 5.14. The van der Waals surface area contributed by atoms with E-state index in [2.05, 4.69) is 15.3 Å². The number of hydrogen-bond donors (Lipinski definition) is 3. The second-order valence-electron chi connectivity index (χ2n) is 5.14. The Labute approximate surface area is 112 Å². The molecule has 19 heavy (non-hydrogen) atoms. The van der Waals surface area contributed by atoms with Crippen LogP contribution in [0.15, 0.2) is 6.20 Å². The molecule has 3 N–H and O–H groups in total. The van der Waals surface area contributed by atoms with Gasteiger partial charge in [-0.1, -0.05) is 27.7 Å². The van der Waals surface area contributed by atoms with Crippen molar-refractivity contribution < 1.29 is 15.0 Å². The zero-order chi connectivity index (χ0) is 14.6. The monoisotopic (exact) mass is 267 g/mol. The van der Waals surface area contributed by atoms with Crippen LogP contribution in [0.1, 0.15) is 49.9 Å². The Bertz CT molecular complexity index is 447. The third-order valence-electron chi connectivity index (χ3n) is 2.80. The number of aliphatic hydroxyl groups is 1. The molecule has 0 amide bonds. The number of nitrogens with zero attached hydrogens (tertiary/aromatic N) is 2. The van der Waals surface area contributed by atoms with Crippen LogP contribution in [0.5, 0.6) is 0 Å².